The van der Waals surface area contributed by atoms with Gasteiger partial charge in [0.2, 0.25) is 0 Å². The van der Waals surface area contributed by atoms with Gasteiger partial charge in [0.15, 0.2) is 0 Å². The van der Waals surface area contributed by atoms with E-state index in [1.807, 2.05) is 0 Å². The van der Waals surface area contributed by atoms with Gasteiger partial charge in [-0.25, -0.2) is 0 Å². The molecule has 1 aromatic heterocycles. The Kier molecular flexibility index (Phi) is 8.68. The largest absolute Gasteiger partial charge is 0.374 e. The molecular formula is C59H42N4. The Balaban J connectivity index is 1.03. The van der Waals surface area contributed by atoms with Crippen LogP contribution in [0.5, 0.6) is 0 Å². The summed E-state index contributed by atoms with van der Waals surface area (Å²) in [5.74, 6) is 0. The quantitative estimate of drug-likeness (QED) is 0.187. The molecule has 1 atom stereocenters. The van der Waals surface area contributed by atoms with Crippen LogP contribution >= 0.6 is 0 Å². The molecule has 0 saturated heterocycles. The van der Waals surface area contributed by atoms with Crippen LogP contribution in [0.1, 0.15) is 28.3 Å². The Morgan fingerprint density at radius 2 is 1.00 bits per heavy atom. The maximum absolute atomic E-state index is 4.85. The van der Waals surface area contributed by atoms with Gasteiger partial charge in [-0.3, -0.25) is 0 Å². The molecule has 63 heavy (non-hydrogen) atoms. The number of nitrogens with one attached hydrogen (secondary N) is 1. The van der Waals surface area contributed by atoms with Gasteiger partial charge in [0.05, 0.1) is 39.8 Å². The fraction of sp³-hybridized carbons (Fsp3) is 0.0169. The lowest BCUT2D eigenvalue weighted by molar-refractivity contribution is 0.978. The van der Waals surface area contributed by atoms with Crippen molar-refractivity contribution in [2.24, 2.45) is 0 Å². The molecule has 3 heterocycles. The van der Waals surface area contributed by atoms with Crippen molar-refractivity contribution >= 4 is 73.3 Å². The molecule has 4 nitrogen and oxygen atoms in total. The van der Waals surface area contributed by atoms with Crippen LogP contribution < -0.4 is 15.1 Å². The maximum atomic E-state index is 4.85. The molecule has 0 radical (unpaired) electrons. The molecule has 1 N–H and O–H groups in total. The van der Waals surface area contributed by atoms with Crippen LogP contribution in [0.4, 0.5) is 39.8 Å². The average Bonchev–Trinajstić information content (AvgIpc) is 3.70. The van der Waals surface area contributed by atoms with E-state index in [-0.39, 0.29) is 6.04 Å². The van der Waals surface area contributed by atoms with E-state index < -0.39 is 0 Å². The number of hydrogen-bond donors (Lipinski definition) is 1. The Labute approximate surface area is 367 Å². The lowest BCUT2D eigenvalue weighted by Gasteiger charge is -2.33. The van der Waals surface area contributed by atoms with E-state index in [1.165, 1.54) is 38.5 Å². The first-order valence-electron chi connectivity index (χ1n) is 21.6. The van der Waals surface area contributed by atoms with Crippen LogP contribution in [0.2, 0.25) is 0 Å². The van der Waals surface area contributed by atoms with Gasteiger partial charge in [0.25, 0.3) is 0 Å². The SMILES string of the molecule is C=C1c2ccccc2N(c2cccc(C3C=Cc4ccc(-c5ccccc5)cc4N3)c2)c2ccccc2N(c2ccc3c(c2)c2ccccc2n3-c2ccccc2)c2ccccc21. The van der Waals surface area contributed by atoms with Crippen molar-refractivity contribution in [3.05, 3.63) is 253 Å². The summed E-state index contributed by atoms with van der Waals surface area (Å²) in [4.78, 5) is 4.85. The summed E-state index contributed by atoms with van der Waals surface area (Å²) < 4.78 is 2.37. The van der Waals surface area contributed by atoms with Crippen LogP contribution in [0.25, 0.3) is 50.3 Å². The van der Waals surface area contributed by atoms with Crippen molar-refractivity contribution in [1.82, 2.24) is 4.57 Å². The van der Waals surface area contributed by atoms with Crippen molar-refractivity contribution in [2.45, 2.75) is 6.04 Å². The molecule has 2 aliphatic rings. The second-order valence-electron chi connectivity index (χ2n) is 16.3. The number of anilines is 7. The molecule has 9 aromatic carbocycles. The summed E-state index contributed by atoms with van der Waals surface area (Å²) in [6, 6.07) is 78.8. The highest BCUT2D eigenvalue weighted by molar-refractivity contribution is 6.11. The molecule has 12 rings (SSSR count). The number of fused-ring (bicyclic) bond motifs is 7. The van der Waals surface area contributed by atoms with Gasteiger partial charge in [-0.2, -0.15) is 0 Å². The predicted octanol–water partition coefficient (Wildman–Crippen LogP) is 15.9. The summed E-state index contributed by atoms with van der Waals surface area (Å²) in [6.45, 7) is 4.85. The number of aromatic nitrogens is 1. The van der Waals surface area contributed by atoms with E-state index in [0.29, 0.717) is 0 Å². The highest BCUT2D eigenvalue weighted by Gasteiger charge is 2.29. The molecule has 0 amide bonds. The fourth-order valence-corrected chi connectivity index (χ4v) is 9.71. The van der Waals surface area contributed by atoms with Crippen LogP contribution in [0.15, 0.2) is 231 Å². The topological polar surface area (TPSA) is 23.4 Å². The Morgan fingerprint density at radius 3 is 1.73 bits per heavy atom. The summed E-state index contributed by atoms with van der Waals surface area (Å²) in [5.41, 5.74) is 18.9. The van der Waals surface area contributed by atoms with E-state index in [9.17, 15) is 0 Å². The summed E-state index contributed by atoms with van der Waals surface area (Å²) in [6.07, 6.45) is 4.52. The van der Waals surface area contributed by atoms with Gasteiger partial charge in [-0.1, -0.05) is 158 Å². The van der Waals surface area contributed by atoms with Crippen molar-refractivity contribution in [2.75, 3.05) is 15.1 Å². The summed E-state index contributed by atoms with van der Waals surface area (Å²) in [7, 11) is 0. The number of benzene rings is 9. The van der Waals surface area contributed by atoms with Crippen molar-refractivity contribution in [1.29, 1.82) is 0 Å². The van der Waals surface area contributed by atoms with Gasteiger partial charge < -0.3 is 19.7 Å². The lowest BCUT2D eigenvalue weighted by Crippen LogP contribution is -2.17. The van der Waals surface area contributed by atoms with E-state index in [1.54, 1.807) is 0 Å². The number of para-hydroxylation sites is 6. The van der Waals surface area contributed by atoms with Gasteiger partial charge >= 0.3 is 0 Å². The molecular weight excluding hydrogens is 765 g/mol. The minimum absolute atomic E-state index is 0.0213. The minimum atomic E-state index is -0.0213. The first-order chi connectivity index (χ1) is 31.2. The molecule has 0 spiro atoms. The molecule has 10 aromatic rings. The average molecular weight is 807 g/mol. The smallest absolute Gasteiger partial charge is 0.0702 e. The number of hydrogen-bond acceptors (Lipinski definition) is 3. The summed E-state index contributed by atoms with van der Waals surface area (Å²) >= 11 is 0. The van der Waals surface area contributed by atoms with Crippen LogP contribution in [0.3, 0.4) is 0 Å². The van der Waals surface area contributed by atoms with Gasteiger partial charge in [-0.05, 0) is 107 Å². The number of rotatable bonds is 5. The Bertz CT molecular complexity index is 3420. The second-order valence-corrected chi connectivity index (χ2v) is 16.3. The highest BCUT2D eigenvalue weighted by atomic mass is 15.2. The lowest BCUT2D eigenvalue weighted by atomic mass is 9.95. The molecule has 0 bridgehead atoms. The van der Waals surface area contributed by atoms with Crippen molar-refractivity contribution in [3.8, 4) is 16.8 Å². The Morgan fingerprint density at radius 1 is 0.413 bits per heavy atom. The van der Waals surface area contributed by atoms with E-state index >= 15 is 0 Å². The molecule has 4 heteroatoms. The fourth-order valence-electron chi connectivity index (χ4n) is 9.71. The maximum Gasteiger partial charge on any atom is 0.0702 e. The third-order valence-corrected chi connectivity index (χ3v) is 12.7. The highest BCUT2D eigenvalue weighted by Crippen LogP contribution is 2.52. The molecule has 2 aliphatic heterocycles. The predicted molar refractivity (Wildman–Crippen MR) is 266 cm³/mol. The summed E-state index contributed by atoms with van der Waals surface area (Å²) in [5, 5.41) is 6.29. The van der Waals surface area contributed by atoms with Crippen LogP contribution in [-0.4, -0.2) is 4.57 Å². The van der Waals surface area contributed by atoms with Gasteiger partial charge in [0.1, 0.15) is 0 Å². The van der Waals surface area contributed by atoms with E-state index in [2.05, 4.69) is 250 Å². The standard InChI is InChI=1S/C59H42N4/c1-40-48-23-8-11-26-54(48)62(46-22-16-19-44(37-46)52-35-33-42-31-32-43(38-53(42)60-52)41-17-4-2-5-18-41)58-29-14-15-30-59(58)63(55-27-12-9-24-49(40)55)47-34-36-57-51(39-47)50-25-10-13-28-56(50)61(57)45-20-6-3-7-21-45/h2-39,52,60H,1H2. The van der Waals surface area contributed by atoms with Crippen LogP contribution in [-0.2, 0) is 0 Å². The van der Waals surface area contributed by atoms with Crippen molar-refractivity contribution < 1.29 is 0 Å². The zero-order valence-corrected chi connectivity index (χ0v) is 34.6. The van der Waals surface area contributed by atoms with Gasteiger partial charge in [0, 0.05) is 44.6 Å². The van der Waals surface area contributed by atoms with Crippen LogP contribution in [0, 0.1) is 0 Å². The zero-order valence-electron chi connectivity index (χ0n) is 34.6. The van der Waals surface area contributed by atoms with E-state index in [4.69, 9.17) is 6.58 Å². The molecule has 0 fully saturated rings. The normalized spacial score (nSPS) is 14.2. The molecule has 0 saturated carbocycles. The zero-order chi connectivity index (χ0) is 41.9. The minimum Gasteiger partial charge on any atom is -0.374 e. The van der Waals surface area contributed by atoms with Crippen molar-refractivity contribution in [3.63, 3.8) is 0 Å². The van der Waals surface area contributed by atoms with Gasteiger partial charge in [-0.15, -0.1) is 0 Å². The second kappa shape index (κ2) is 15.0. The third kappa shape index (κ3) is 6.14. The first-order valence-corrected chi connectivity index (χ1v) is 21.6. The Hall–Kier alpha value is -8.34. The first kappa shape index (κ1) is 36.5. The number of nitrogens with zero attached hydrogens (tertiary/aromatic N) is 3. The third-order valence-electron chi connectivity index (χ3n) is 12.7. The molecule has 298 valence electrons. The monoisotopic (exact) mass is 806 g/mol. The van der Waals surface area contributed by atoms with E-state index in [0.717, 1.165) is 67.7 Å². The molecule has 0 aliphatic carbocycles. The molecule has 1 unspecified atom stereocenters.